The molecule has 0 radical (unpaired) electrons. The molecule has 5 aromatic carbocycles. The molecule has 3 amide bonds. The Morgan fingerprint density at radius 3 is 2.06 bits per heavy atom. The van der Waals surface area contributed by atoms with Gasteiger partial charge in [0.15, 0.2) is 0 Å². The molecule has 0 fully saturated rings. The number of carbonyl (C=O) groups is 3. The number of benzene rings is 5. The van der Waals surface area contributed by atoms with Gasteiger partial charge in [-0.2, -0.15) is 0 Å². The minimum atomic E-state index is -0.478. The van der Waals surface area contributed by atoms with Gasteiger partial charge in [-0.1, -0.05) is 85.8 Å². The molecule has 6 aromatic rings. The lowest BCUT2D eigenvalue weighted by Gasteiger charge is -2.27. The summed E-state index contributed by atoms with van der Waals surface area (Å²) in [6, 6.07) is 43.1. The summed E-state index contributed by atoms with van der Waals surface area (Å²) in [7, 11) is 0. The molecule has 7 nitrogen and oxygen atoms in total. The van der Waals surface area contributed by atoms with Crippen molar-refractivity contribution >= 4 is 63.5 Å². The van der Waals surface area contributed by atoms with Crippen molar-refractivity contribution in [1.82, 2.24) is 10.3 Å². The van der Waals surface area contributed by atoms with Gasteiger partial charge in [-0.05, 0) is 73.2 Å². The van der Waals surface area contributed by atoms with E-state index in [9.17, 15) is 14.4 Å². The molecule has 0 aliphatic rings. The monoisotopic (exact) mass is 650 g/mol. The Balaban J connectivity index is 1.24. The van der Waals surface area contributed by atoms with Crippen LogP contribution in [-0.4, -0.2) is 28.0 Å². The summed E-state index contributed by atoms with van der Waals surface area (Å²) in [5.41, 5.74) is 4.33. The summed E-state index contributed by atoms with van der Waals surface area (Å²) in [4.78, 5) is 46.8. The van der Waals surface area contributed by atoms with Crippen molar-refractivity contribution < 1.29 is 14.4 Å². The van der Waals surface area contributed by atoms with Crippen LogP contribution in [-0.2, 0) is 9.59 Å². The number of carbonyl (C=O) groups excluding carboxylic acids is 3. The van der Waals surface area contributed by atoms with E-state index in [1.165, 1.54) is 11.8 Å². The van der Waals surface area contributed by atoms with Gasteiger partial charge >= 0.3 is 0 Å². The van der Waals surface area contributed by atoms with Crippen LogP contribution in [0.2, 0.25) is 0 Å². The first-order chi connectivity index (χ1) is 23.5. The second kappa shape index (κ2) is 15.2. The van der Waals surface area contributed by atoms with Crippen LogP contribution in [0.15, 0.2) is 156 Å². The average molecular weight is 651 g/mol. The zero-order valence-electron chi connectivity index (χ0n) is 26.3. The molecule has 0 saturated carbocycles. The SMILES string of the molecule is CCC(Sc1cccc(NC(=O)/C(=C\c2c[nH]c3ccccc23)NC(=O)c2ccccc2)c1)C(=O)N(c1ccccc1)c1ccccc1. The molecule has 0 aliphatic heterocycles. The number of thioether (sulfide) groups is 1. The Morgan fingerprint density at radius 1 is 0.771 bits per heavy atom. The molecule has 6 rings (SSSR count). The molecule has 3 N–H and O–H groups in total. The predicted octanol–water partition coefficient (Wildman–Crippen LogP) is 8.81. The van der Waals surface area contributed by atoms with Gasteiger partial charge in [0.25, 0.3) is 11.8 Å². The van der Waals surface area contributed by atoms with Crippen molar-refractivity contribution in [2.45, 2.75) is 23.5 Å². The fraction of sp³-hybridized carbons (Fsp3) is 0.0750. The van der Waals surface area contributed by atoms with Crippen LogP contribution >= 0.6 is 11.8 Å². The van der Waals surface area contributed by atoms with Crippen LogP contribution in [0.5, 0.6) is 0 Å². The van der Waals surface area contributed by atoms with Crippen LogP contribution in [0.3, 0.4) is 0 Å². The average Bonchev–Trinajstić information content (AvgIpc) is 3.54. The predicted molar refractivity (Wildman–Crippen MR) is 195 cm³/mol. The zero-order chi connectivity index (χ0) is 33.3. The standard InChI is InChI=1S/C40H34N4O3S/c1-2-37(40(47)44(31-18-8-4-9-19-31)32-20-10-5-11-21-32)48-33-22-14-17-30(26-33)42-39(46)36(43-38(45)28-15-6-3-7-16-28)25-29-27-41-35-24-13-12-23-34(29)35/h3-27,37,41H,2H2,1H3,(H,42,46)(H,43,45)/b36-25+. The topological polar surface area (TPSA) is 94.3 Å². The Bertz CT molecular complexity index is 2020. The maximum absolute atomic E-state index is 14.1. The lowest BCUT2D eigenvalue weighted by atomic mass is 10.1. The maximum Gasteiger partial charge on any atom is 0.272 e. The third kappa shape index (κ3) is 7.57. The highest BCUT2D eigenvalue weighted by Gasteiger charge is 2.27. The summed E-state index contributed by atoms with van der Waals surface area (Å²) < 4.78 is 0. The smallest absolute Gasteiger partial charge is 0.272 e. The third-order valence-corrected chi connectivity index (χ3v) is 9.06. The minimum absolute atomic E-state index is 0.0399. The molecule has 0 spiro atoms. The van der Waals surface area contributed by atoms with Crippen LogP contribution in [0.25, 0.3) is 17.0 Å². The number of anilines is 3. The highest BCUT2D eigenvalue weighted by molar-refractivity contribution is 8.00. The molecule has 8 heteroatoms. The van der Waals surface area contributed by atoms with Gasteiger partial charge in [0.05, 0.1) is 5.25 Å². The van der Waals surface area contributed by atoms with Crippen molar-refractivity contribution in [3.05, 3.63) is 163 Å². The molecule has 1 aromatic heterocycles. The van der Waals surface area contributed by atoms with Gasteiger partial charge in [-0.15, -0.1) is 11.8 Å². The number of nitrogens with one attached hydrogen (secondary N) is 3. The van der Waals surface area contributed by atoms with Gasteiger partial charge in [0.1, 0.15) is 5.70 Å². The number of amides is 3. The molecule has 48 heavy (non-hydrogen) atoms. The van der Waals surface area contributed by atoms with Crippen LogP contribution in [0.4, 0.5) is 17.1 Å². The van der Waals surface area contributed by atoms with E-state index in [1.54, 1.807) is 47.5 Å². The number of aromatic amines is 1. The first-order valence-electron chi connectivity index (χ1n) is 15.7. The van der Waals surface area contributed by atoms with Gasteiger partial charge in [-0.3, -0.25) is 19.3 Å². The minimum Gasteiger partial charge on any atom is -0.361 e. The lowest BCUT2D eigenvalue weighted by Crippen LogP contribution is -2.34. The van der Waals surface area contributed by atoms with Crippen LogP contribution in [0, 0.1) is 0 Å². The van der Waals surface area contributed by atoms with Gasteiger partial charge in [0, 0.05) is 50.2 Å². The van der Waals surface area contributed by atoms with E-state index in [-0.39, 0.29) is 16.9 Å². The van der Waals surface area contributed by atoms with Crippen LogP contribution < -0.4 is 15.5 Å². The van der Waals surface area contributed by atoms with E-state index in [2.05, 4.69) is 15.6 Å². The Labute approximate surface area is 283 Å². The Morgan fingerprint density at radius 2 is 1.40 bits per heavy atom. The second-order valence-electron chi connectivity index (χ2n) is 11.0. The molecule has 0 bridgehead atoms. The van der Waals surface area contributed by atoms with Crippen LogP contribution in [0.1, 0.15) is 29.3 Å². The normalized spacial score (nSPS) is 11.9. The highest BCUT2D eigenvalue weighted by Crippen LogP contribution is 2.33. The van der Waals surface area contributed by atoms with E-state index in [0.29, 0.717) is 17.7 Å². The summed E-state index contributed by atoms with van der Waals surface area (Å²) >= 11 is 1.45. The number of fused-ring (bicyclic) bond motifs is 1. The summed E-state index contributed by atoms with van der Waals surface area (Å²) in [5, 5.41) is 6.30. The van der Waals surface area contributed by atoms with Gasteiger partial charge in [0.2, 0.25) is 5.91 Å². The summed E-state index contributed by atoms with van der Waals surface area (Å²) in [5.74, 6) is -0.914. The Kier molecular flexibility index (Phi) is 10.1. The zero-order valence-corrected chi connectivity index (χ0v) is 27.1. The fourth-order valence-electron chi connectivity index (χ4n) is 5.33. The number of hydrogen-bond acceptors (Lipinski definition) is 4. The molecular formula is C40H34N4O3S. The van der Waals surface area contributed by atoms with Gasteiger partial charge in [-0.25, -0.2) is 0 Å². The first-order valence-corrected chi connectivity index (χ1v) is 16.5. The first kappa shape index (κ1) is 32.1. The molecule has 0 aliphatic carbocycles. The number of rotatable bonds is 11. The number of H-pyrrole nitrogens is 1. The number of aromatic nitrogens is 1. The Hall–Kier alpha value is -5.86. The van der Waals surface area contributed by atoms with Crippen molar-refractivity contribution in [3.8, 4) is 0 Å². The van der Waals surface area contributed by atoms with Gasteiger partial charge < -0.3 is 15.6 Å². The van der Waals surface area contributed by atoms with Crippen molar-refractivity contribution in [1.29, 1.82) is 0 Å². The highest BCUT2D eigenvalue weighted by atomic mass is 32.2. The molecule has 1 atom stereocenters. The van der Waals surface area contributed by atoms with E-state index >= 15 is 0 Å². The van der Waals surface area contributed by atoms with Crippen molar-refractivity contribution in [3.63, 3.8) is 0 Å². The quantitative estimate of drug-likeness (QED) is 0.0965. The molecule has 1 heterocycles. The summed E-state index contributed by atoms with van der Waals surface area (Å²) in [6.07, 6.45) is 4.07. The number of hydrogen-bond donors (Lipinski definition) is 3. The lowest BCUT2D eigenvalue weighted by molar-refractivity contribution is -0.117. The molecule has 238 valence electrons. The van der Waals surface area contributed by atoms with Crippen molar-refractivity contribution in [2.75, 3.05) is 10.2 Å². The molecular weight excluding hydrogens is 617 g/mol. The summed E-state index contributed by atoms with van der Waals surface area (Å²) in [6.45, 7) is 1.99. The number of nitrogens with zero attached hydrogens (tertiary/aromatic N) is 1. The van der Waals surface area contributed by atoms with E-state index < -0.39 is 11.8 Å². The van der Waals surface area contributed by atoms with E-state index in [4.69, 9.17) is 0 Å². The van der Waals surface area contributed by atoms with E-state index in [0.717, 1.165) is 32.7 Å². The van der Waals surface area contributed by atoms with Crippen molar-refractivity contribution in [2.24, 2.45) is 0 Å². The third-order valence-electron chi connectivity index (χ3n) is 7.72. The maximum atomic E-state index is 14.1. The largest absolute Gasteiger partial charge is 0.361 e. The molecule has 0 saturated heterocycles. The van der Waals surface area contributed by atoms with E-state index in [1.807, 2.05) is 116 Å². The fourth-order valence-corrected chi connectivity index (χ4v) is 6.38. The molecule has 1 unspecified atom stereocenters. The number of para-hydroxylation sites is 3. The second-order valence-corrected chi connectivity index (χ2v) is 12.3.